The summed E-state index contributed by atoms with van der Waals surface area (Å²) in [5, 5.41) is 3.04. The van der Waals surface area contributed by atoms with Gasteiger partial charge >= 0.3 is 0 Å². The average Bonchev–Trinajstić information content (AvgIpc) is 2.21. The van der Waals surface area contributed by atoms with Crippen LogP contribution in [0.5, 0.6) is 0 Å². The van der Waals surface area contributed by atoms with Gasteiger partial charge in [0.1, 0.15) is 6.61 Å². The first-order chi connectivity index (χ1) is 6.36. The van der Waals surface area contributed by atoms with Gasteiger partial charge in [0.15, 0.2) is 5.88 Å². The van der Waals surface area contributed by atoms with Crippen molar-refractivity contribution in [3.63, 3.8) is 0 Å². The molecule has 0 unspecified atom stereocenters. The molecule has 1 aromatic rings. The Hall–Kier alpha value is -1.44. The fourth-order valence-electron chi connectivity index (χ4n) is 1.12. The van der Waals surface area contributed by atoms with Gasteiger partial charge in [0.2, 0.25) is 0 Å². The normalized spacial score (nSPS) is 12.9. The summed E-state index contributed by atoms with van der Waals surface area (Å²) in [6.45, 7) is 8.31. The highest BCUT2D eigenvalue weighted by Gasteiger charge is 2.08. The first-order valence-electron chi connectivity index (χ1n) is 4.53. The lowest BCUT2D eigenvalue weighted by Crippen LogP contribution is -2.10. The molecule has 2 nitrogen and oxygen atoms in total. The Kier molecular flexibility index (Phi) is 3.38. The number of fused-ring (bicyclic) bond motifs is 1. The van der Waals surface area contributed by atoms with E-state index in [1.165, 1.54) is 5.56 Å². The van der Waals surface area contributed by atoms with Gasteiger partial charge in [-0.3, -0.25) is 0 Å². The third-order valence-corrected chi connectivity index (χ3v) is 1.69. The maximum absolute atomic E-state index is 5.20. The topological polar surface area (TPSA) is 21.3 Å². The molecule has 0 atom stereocenters. The van der Waals surface area contributed by atoms with Crippen LogP contribution in [0.2, 0.25) is 0 Å². The number of benzene rings is 1. The second-order valence-corrected chi connectivity index (χ2v) is 2.49. The maximum Gasteiger partial charge on any atom is 0.184 e. The highest BCUT2D eigenvalue weighted by molar-refractivity contribution is 5.54. The molecule has 0 saturated heterocycles. The van der Waals surface area contributed by atoms with Crippen molar-refractivity contribution < 1.29 is 4.74 Å². The van der Waals surface area contributed by atoms with E-state index in [0.29, 0.717) is 12.5 Å². The average molecular weight is 177 g/mol. The van der Waals surface area contributed by atoms with Crippen LogP contribution in [-0.2, 0) is 11.3 Å². The third-order valence-electron chi connectivity index (χ3n) is 1.69. The summed E-state index contributed by atoms with van der Waals surface area (Å²) in [5.74, 6) is 0.628. The van der Waals surface area contributed by atoms with Crippen molar-refractivity contribution in [2.45, 2.75) is 20.5 Å². The minimum atomic E-state index is 0.627. The summed E-state index contributed by atoms with van der Waals surface area (Å²) in [7, 11) is 0. The van der Waals surface area contributed by atoms with Crippen molar-refractivity contribution in [3.8, 4) is 0 Å². The zero-order valence-electron chi connectivity index (χ0n) is 8.13. The number of anilines is 1. The number of para-hydroxylation sites is 1. The fraction of sp³-hybridized carbons (Fsp3) is 0.273. The molecule has 0 aliphatic carbocycles. The molecule has 1 aliphatic rings. The molecule has 1 aliphatic heterocycles. The Morgan fingerprint density at radius 1 is 1.31 bits per heavy atom. The molecular weight excluding hydrogens is 162 g/mol. The van der Waals surface area contributed by atoms with E-state index in [9.17, 15) is 0 Å². The summed E-state index contributed by atoms with van der Waals surface area (Å²) >= 11 is 0. The molecule has 2 heteroatoms. The Bertz CT molecular complexity index is 294. The van der Waals surface area contributed by atoms with Gasteiger partial charge in [0, 0.05) is 11.3 Å². The van der Waals surface area contributed by atoms with Gasteiger partial charge in [-0.1, -0.05) is 32.0 Å². The molecule has 0 bridgehead atoms. The van der Waals surface area contributed by atoms with E-state index in [1.54, 1.807) is 0 Å². The molecule has 70 valence electrons. The predicted octanol–water partition coefficient (Wildman–Crippen LogP) is 3.13. The van der Waals surface area contributed by atoms with Crippen LogP contribution in [0.3, 0.4) is 0 Å². The lowest BCUT2D eigenvalue weighted by Gasteiger charge is -2.20. The van der Waals surface area contributed by atoms with Crippen molar-refractivity contribution in [2.75, 3.05) is 5.32 Å². The van der Waals surface area contributed by atoms with E-state index >= 15 is 0 Å². The van der Waals surface area contributed by atoms with Gasteiger partial charge in [-0.15, -0.1) is 0 Å². The zero-order chi connectivity index (χ0) is 9.68. The summed E-state index contributed by atoms with van der Waals surface area (Å²) < 4.78 is 5.20. The van der Waals surface area contributed by atoms with Crippen molar-refractivity contribution in [3.05, 3.63) is 42.3 Å². The Morgan fingerprint density at radius 2 is 2.00 bits per heavy atom. The summed E-state index contributed by atoms with van der Waals surface area (Å²) in [5.41, 5.74) is 2.28. The second kappa shape index (κ2) is 4.55. The second-order valence-electron chi connectivity index (χ2n) is 2.49. The molecule has 0 saturated carbocycles. The van der Waals surface area contributed by atoms with Crippen LogP contribution < -0.4 is 5.32 Å². The Morgan fingerprint density at radius 3 is 2.77 bits per heavy atom. The number of rotatable bonds is 0. The largest absolute Gasteiger partial charge is 0.475 e. The predicted molar refractivity (Wildman–Crippen MR) is 55.3 cm³/mol. The molecule has 2 rings (SSSR count). The minimum absolute atomic E-state index is 0.627. The molecule has 1 N–H and O–H groups in total. The van der Waals surface area contributed by atoms with Crippen LogP contribution in [-0.4, -0.2) is 0 Å². The molecule has 0 aromatic heterocycles. The molecule has 13 heavy (non-hydrogen) atoms. The highest BCUT2D eigenvalue weighted by atomic mass is 16.5. The number of ether oxygens (including phenoxy) is 1. The van der Waals surface area contributed by atoms with Crippen LogP contribution in [0.4, 0.5) is 5.69 Å². The van der Waals surface area contributed by atoms with Gasteiger partial charge in [-0.2, -0.15) is 0 Å². The smallest absolute Gasteiger partial charge is 0.184 e. The summed E-state index contributed by atoms with van der Waals surface area (Å²) in [6.07, 6.45) is 0. The molecule has 0 fully saturated rings. The summed E-state index contributed by atoms with van der Waals surface area (Å²) in [4.78, 5) is 0. The van der Waals surface area contributed by atoms with Crippen molar-refractivity contribution in [2.24, 2.45) is 0 Å². The van der Waals surface area contributed by atoms with E-state index in [1.807, 2.05) is 38.1 Å². The van der Waals surface area contributed by atoms with Gasteiger partial charge in [-0.25, -0.2) is 0 Å². The van der Waals surface area contributed by atoms with Crippen LogP contribution in [0.1, 0.15) is 19.4 Å². The molecule has 0 spiro atoms. The van der Waals surface area contributed by atoms with Crippen molar-refractivity contribution >= 4 is 5.69 Å². The van der Waals surface area contributed by atoms with Crippen LogP contribution >= 0.6 is 0 Å². The fourth-order valence-corrected chi connectivity index (χ4v) is 1.12. The Labute approximate surface area is 79.2 Å². The van der Waals surface area contributed by atoms with E-state index in [4.69, 9.17) is 4.74 Å². The third kappa shape index (κ3) is 2.25. The summed E-state index contributed by atoms with van der Waals surface area (Å²) in [6, 6.07) is 8.04. The van der Waals surface area contributed by atoms with Crippen LogP contribution in [0.15, 0.2) is 36.7 Å². The quantitative estimate of drug-likeness (QED) is 0.657. The molecule has 0 amide bonds. The maximum atomic E-state index is 5.20. The lowest BCUT2D eigenvalue weighted by atomic mass is 10.2. The first kappa shape index (κ1) is 9.65. The number of hydrogen-bond donors (Lipinski definition) is 1. The minimum Gasteiger partial charge on any atom is -0.475 e. The van der Waals surface area contributed by atoms with Gasteiger partial charge < -0.3 is 10.1 Å². The lowest BCUT2D eigenvalue weighted by molar-refractivity contribution is 0.198. The number of hydrogen-bond acceptors (Lipinski definition) is 2. The number of nitrogens with one attached hydrogen (secondary N) is 1. The molecular formula is C11H15NO. The van der Waals surface area contributed by atoms with Gasteiger partial charge in [0.05, 0.1) is 0 Å². The van der Waals surface area contributed by atoms with E-state index < -0.39 is 0 Å². The Balaban J connectivity index is 0.000000396. The van der Waals surface area contributed by atoms with Gasteiger partial charge in [0.25, 0.3) is 0 Å². The molecule has 0 radical (unpaired) electrons. The van der Waals surface area contributed by atoms with E-state index in [2.05, 4.69) is 11.9 Å². The monoisotopic (exact) mass is 177 g/mol. The van der Waals surface area contributed by atoms with Crippen LogP contribution in [0.25, 0.3) is 0 Å². The highest BCUT2D eigenvalue weighted by Crippen LogP contribution is 2.22. The van der Waals surface area contributed by atoms with Crippen molar-refractivity contribution in [1.82, 2.24) is 0 Å². The van der Waals surface area contributed by atoms with Gasteiger partial charge in [-0.05, 0) is 12.6 Å². The first-order valence-corrected chi connectivity index (χ1v) is 4.53. The SMILES string of the molecule is C=C1Nc2ccccc2CO1.CC. The van der Waals surface area contributed by atoms with Crippen molar-refractivity contribution in [1.29, 1.82) is 0 Å². The van der Waals surface area contributed by atoms with Crippen LogP contribution in [0, 0.1) is 0 Å². The van der Waals surface area contributed by atoms with E-state index in [0.717, 1.165) is 5.69 Å². The van der Waals surface area contributed by atoms with E-state index in [-0.39, 0.29) is 0 Å². The molecule has 1 aromatic carbocycles. The zero-order valence-corrected chi connectivity index (χ0v) is 8.13. The molecule has 1 heterocycles. The standard InChI is InChI=1S/C9H9NO.C2H6/c1-7-10-9-5-3-2-4-8(9)6-11-7;1-2/h2-5,10H,1,6H2;1-2H3.